The van der Waals surface area contributed by atoms with Gasteiger partial charge in [0, 0.05) is 13.1 Å². The van der Waals surface area contributed by atoms with Crippen LogP contribution < -0.4 is 4.74 Å². The van der Waals surface area contributed by atoms with E-state index in [4.69, 9.17) is 16.3 Å². The molecular formula is C19H22ClNO5S2. The quantitative estimate of drug-likeness (QED) is 0.653. The molecule has 28 heavy (non-hydrogen) atoms. The highest BCUT2D eigenvalue weighted by Crippen LogP contribution is 2.31. The molecule has 152 valence electrons. The average molecular weight is 444 g/mol. The van der Waals surface area contributed by atoms with Crippen LogP contribution in [0.3, 0.4) is 0 Å². The zero-order chi connectivity index (χ0) is 20.5. The van der Waals surface area contributed by atoms with Gasteiger partial charge in [0.1, 0.15) is 11.5 Å². The number of hydrogen-bond donors (Lipinski definition) is 0. The van der Waals surface area contributed by atoms with Gasteiger partial charge in [-0.1, -0.05) is 37.6 Å². The van der Waals surface area contributed by atoms with Crippen molar-refractivity contribution in [3.05, 3.63) is 53.6 Å². The molecule has 0 spiro atoms. The van der Waals surface area contributed by atoms with Crippen LogP contribution in [0.25, 0.3) is 0 Å². The lowest BCUT2D eigenvalue weighted by molar-refractivity contribution is 0.309. The summed E-state index contributed by atoms with van der Waals surface area (Å²) in [5.74, 6) is 1.01. The molecule has 1 saturated heterocycles. The van der Waals surface area contributed by atoms with Gasteiger partial charge in [0.05, 0.1) is 20.9 Å². The second-order valence-electron chi connectivity index (χ2n) is 7.17. The van der Waals surface area contributed by atoms with Crippen molar-refractivity contribution in [3.8, 4) is 11.5 Å². The number of hydrogen-bond acceptors (Lipinski definition) is 5. The Balaban J connectivity index is 1.68. The standard InChI is InChI=1S/C19H22ClNO5S2/c1-14(2)13-27(22,23)17-11-21(12-17)28(24,25)16-9-7-15(8-10-16)26-19-6-4-3-5-18(19)20/h3-10,14,17H,11-13H2,1-2H3. The third kappa shape index (κ3) is 4.51. The molecule has 0 N–H and O–H groups in total. The van der Waals surface area contributed by atoms with Crippen molar-refractivity contribution in [1.82, 2.24) is 4.31 Å². The van der Waals surface area contributed by atoms with Gasteiger partial charge >= 0.3 is 0 Å². The van der Waals surface area contributed by atoms with Crippen LogP contribution in [0, 0.1) is 5.92 Å². The highest BCUT2D eigenvalue weighted by molar-refractivity contribution is 7.92. The van der Waals surface area contributed by atoms with Crippen molar-refractivity contribution in [3.63, 3.8) is 0 Å². The summed E-state index contributed by atoms with van der Waals surface area (Å²) in [7, 11) is -7.02. The SMILES string of the molecule is CC(C)CS(=O)(=O)C1CN(S(=O)(=O)c2ccc(Oc3ccccc3Cl)cc2)C1. The molecule has 2 aromatic carbocycles. The van der Waals surface area contributed by atoms with Crippen LogP contribution in [-0.4, -0.2) is 45.2 Å². The molecule has 0 saturated carbocycles. The molecule has 3 rings (SSSR count). The topological polar surface area (TPSA) is 80.8 Å². The fourth-order valence-corrected chi connectivity index (χ4v) is 6.82. The Morgan fingerprint density at radius 2 is 1.64 bits per heavy atom. The lowest BCUT2D eigenvalue weighted by Crippen LogP contribution is -2.57. The molecule has 0 unspecified atom stereocenters. The van der Waals surface area contributed by atoms with Crippen LogP contribution in [0.1, 0.15) is 13.8 Å². The van der Waals surface area contributed by atoms with E-state index in [-0.39, 0.29) is 29.7 Å². The van der Waals surface area contributed by atoms with E-state index < -0.39 is 25.1 Å². The molecule has 0 amide bonds. The van der Waals surface area contributed by atoms with E-state index in [2.05, 4.69) is 0 Å². The summed E-state index contributed by atoms with van der Waals surface area (Å²) in [6.45, 7) is 3.65. The maximum atomic E-state index is 12.7. The van der Waals surface area contributed by atoms with Crippen LogP contribution in [-0.2, 0) is 19.9 Å². The molecule has 1 aliphatic heterocycles. The van der Waals surface area contributed by atoms with Gasteiger partial charge in [0.15, 0.2) is 9.84 Å². The number of halogens is 1. The summed E-state index contributed by atoms with van der Waals surface area (Å²) in [6.07, 6.45) is 0. The van der Waals surface area contributed by atoms with E-state index in [0.29, 0.717) is 16.5 Å². The van der Waals surface area contributed by atoms with Crippen molar-refractivity contribution < 1.29 is 21.6 Å². The Bertz CT molecular complexity index is 1040. The molecule has 6 nitrogen and oxygen atoms in total. The van der Waals surface area contributed by atoms with E-state index in [9.17, 15) is 16.8 Å². The highest BCUT2D eigenvalue weighted by Gasteiger charge is 2.43. The first-order valence-corrected chi connectivity index (χ1v) is 12.4. The van der Waals surface area contributed by atoms with Gasteiger partial charge in [-0.3, -0.25) is 0 Å². The number of sulfone groups is 1. The van der Waals surface area contributed by atoms with Crippen molar-refractivity contribution in [2.75, 3.05) is 18.8 Å². The summed E-state index contributed by atoms with van der Waals surface area (Å²) >= 11 is 6.05. The Morgan fingerprint density at radius 3 is 2.21 bits per heavy atom. The van der Waals surface area contributed by atoms with Crippen molar-refractivity contribution in [2.24, 2.45) is 5.92 Å². The predicted molar refractivity (Wildman–Crippen MR) is 109 cm³/mol. The first-order chi connectivity index (χ1) is 13.1. The van der Waals surface area contributed by atoms with Gasteiger partial charge < -0.3 is 4.74 Å². The largest absolute Gasteiger partial charge is 0.456 e. The third-order valence-electron chi connectivity index (χ3n) is 4.41. The number of para-hydroxylation sites is 1. The fraction of sp³-hybridized carbons (Fsp3) is 0.368. The number of rotatable bonds is 7. The Morgan fingerprint density at radius 1 is 1.04 bits per heavy atom. The summed E-state index contributed by atoms with van der Waals surface area (Å²) in [4.78, 5) is 0.0960. The summed E-state index contributed by atoms with van der Waals surface area (Å²) in [6, 6.07) is 13.0. The second-order valence-corrected chi connectivity index (χ2v) is 11.8. The van der Waals surface area contributed by atoms with E-state index >= 15 is 0 Å². The normalized spacial score (nSPS) is 16.1. The zero-order valence-electron chi connectivity index (χ0n) is 15.6. The first kappa shape index (κ1) is 21.1. The lowest BCUT2D eigenvalue weighted by Gasteiger charge is -2.37. The molecule has 1 heterocycles. The molecule has 0 aliphatic carbocycles. The number of sulfonamides is 1. The van der Waals surface area contributed by atoms with Gasteiger partial charge in [-0.05, 0) is 42.3 Å². The van der Waals surface area contributed by atoms with E-state index in [1.165, 1.54) is 16.4 Å². The Hall–Kier alpha value is -1.61. The van der Waals surface area contributed by atoms with Gasteiger partial charge in [-0.25, -0.2) is 16.8 Å². The van der Waals surface area contributed by atoms with E-state index in [0.717, 1.165) is 0 Å². The summed E-state index contributed by atoms with van der Waals surface area (Å²) < 4.78 is 56.7. The van der Waals surface area contributed by atoms with E-state index in [1.807, 2.05) is 13.8 Å². The van der Waals surface area contributed by atoms with Crippen LogP contribution >= 0.6 is 11.6 Å². The maximum absolute atomic E-state index is 12.7. The molecule has 0 bridgehead atoms. The Kier molecular flexibility index (Phi) is 6.05. The van der Waals surface area contributed by atoms with Crippen LogP contribution in [0.15, 0.2) is 53.4 Å². The number of ether oxygens (including phenoxy) is 1. The molecular weight excluding hydrogens is 422 g/mol. The van der Waals surface area contributed by atoms with Crippen molar-refractivity contribution in [1.29, 1.82) is 0 Å². The van der Waals surface area contributed by atoms with Crippen molar-refractivity contribution in [2.45, 2.75) is 24.0 Å². The Labute approximate surface area is 171 Å². The molecule has 0 aromatic heterocycles. The number of benzene rings is 2. The van der Waals surface area contributed by atoms with Crippen LogP contribution in [0.2, 0.25) is 5.02 Å². The predicted octanol–water partition coefficient (Wildman–Crippen LogP) is 3.58. The van der Waals surface area contributed by atoms with Crippen LogP contribution in [0.5, 0.6) is 11.5 Å². The van der Waals surface area contributed by atoms with Gasteiger partial charge in [0.25, 0.3) is 0 Å². The summed E-state index contributed by atoms with van der Waals surface area (Å²) in [5.41, 5.74) is 0. The molecule has 0 radical (unpaired) electrons. The molecule has 1 aliphatic rings. The smallest absolute Gasteiger partial charge is 0.243 e. The summed E-state index contributed by atoms with van der Waals surface area (Å²) in [5, 5.41) is -0.180. The van der Waals surface area contributed by atoms with Gasteiger partial charge in [-0.2, -0.15) is 4.31 Å². The zero-order valence-corrected chi connectivity index (χ0v) is 18.0. The molecule has 1 fully saturated rings. The highest BCUT2D eigenvalue weighted by atomic mass is 35.5. The molecule has 2 aromatic rings. The lowest BCUT2D eigenvalue weighted by atomic mass is 10.3. The molecule has 9 heteroatoms. The van der Waals surface area contributed by atoms with Gasteiger partial charge in [0.2, 0.25) is 10.0 Å². The average Bonchev–Trinajstić information content (AvgIpc) is 2.54. The minimum atomic E-state index is -3.73. The van der Waals surface area contributed by atoms with E-state index in [1.54, 1.807) is 36.4 Å². The fourth-order valence-electron chi connectivity index (χ4n) is 2.91. The van der Waals surface area contributed by atoms with Crippen LogP contribution in [0.4, 0.5) is 0 Å². The number of nitrogens with zero attached hydrogens (tertiary/aromatic N) is 1. The minimum Gasteiger partial charge on any atom is -0.456 e. The maximum Gasteiger partial charge on any atom is 0.243 e. The second kappa shape index (κ2) is 8.02. The third-order valence-corrected chi connectivity index (χ3v) is 9.02. The first-order valence-electron chi connectivity index (χ1n) is 8.84. The van der Waals surface area contributed by atoms with Gasteiger partial charge in [-0.15, -0.1) is 0 Å². The minimum absolute atomic E-state index is 0.00470. The monoisotopic (exact) mass is 443 g/mol. The molecule has 0 atom stereocenters. The van der Waals surface area contributed by atoms with Crippen molar-refractivity contribution >= 4 is 31.5 Å².